The Morgan fingerprint density at radius 2 is 2.20 bits per heavy atom. The van der Waals surface area contributed by atoms with E-state index in [-0.39, 0.29) is 5.75 Å². The molecule has 0 saturated heterocycles. The Morgan fingerprint density at radius 1 is 1.35 bits per heavy atom. The molecule has 1 saturated carbocycles. The minimum atomic E-state index is 0.277. The Labute approximate surface area is 126 Å². The number of aromatic hydroxyl groups is 1. The highest BCUT2D eigenvalue weighted by atomic mass is 32.2. The molecule has 1 aliphatic rings. The van der Waals surface area contributed by atoms with Gasteiger partial charge in [0.15, 0.2) is 11.5 Å². The van der Waals surface area contributed by atoms with Gasteiger partial charge in [-0.2, -0.15) is 11.8 Å². The van der Waals surface area contributed by atoms with Gasteiger partial charge in [0.1, 0.15) is 0 Å². The zero-order chi connectivity index (χ0) is 14.4. The van der Waals surface area contributed by atoms with Gasteiger partial charge in [0.25, 0.3) is 0 Å². The van der Waals surface area contributed by atoms with Crippen LogP contribution in [0.25, 0.3) is 0 Å². The molecule has 1 fully saturated rings. The number of hydrogen-bond donors (Lipinski definition) is 2. The van der Waals surface area contributed by atoms with Crippen molar-refractivity contribution in [2.75, 3.05) is 12.4 Å². The zero-order valence-electron chi connectivity index (χ0n) is 12.4. The first kappa shape index (κ1) is 15.5. The summed E-state index contributed by atoms with van der Waals surface area (Å²) >= 11 is 2.07. The fourth-order valence-electron chi connectivity index (χ4n) is 2.75. The summed E-state index contributed by atoms with van der Waals surface area (Å²) < 4.78 is 5.42. The molecular formula is C16H25NO2S. The van der Waals surface area contributed by atoms with E-state index in [1.165, 1.54) is 25.0 Å². The van der Waals surface area contributed by atoms with E-state index in [9.17, 15) is 5.11 Å². The molecule has 0 bridgehead atoms. The Bertz CT molecular complexity index is 425. The van der Waals surface area contributed by atoms with Crippen LogP contribution in [0.1, 0.15) is 38.7 Å². The number of ether oxygens (including phenoxy) is 1. The highest BCUT2D eigenvalue weighted by Crippen LogP contribution is 2.32. The van der Waals surface area contributed by atoms with Crippen molar-refractivity contribution in [1.29, 1.82) is 0 Å². The molecule has 20 heavy (non-hydrogen) atoms. The normalized spacial score (nSPS) is 22.1. The van der Waals surface area contributed by atoms with Crippen LogP contribution in [-0.2, 0) is 6.54 Å². The molecule has 1 aromatic carbocycles. The topological polar surface area (TPSA) is 41.5 Å². The van der Waals surface area contributed by atoms with Crippen LogP contribution < -0.4 is 10.1 Å². The number of nitrogens with one attached hydrogen (secondary N) is 1. The van der Waals surface area contributed by atoms with Gasteiger partial charge in [-0.05, 0) is 38.0 Å². The molecule has 1 aromatic rings. The number of phenolic OH excluding ortho intramolecular Hbond substituents is 1. The highest BCUT2D eigenvalue weighted by molar-refractivity contribution is 7.99. The molecule has 2 rings (SSSR count). The van der Waals surface area contributed by atoms with Crippen molar-refractivity contribution in [3.05, 3.63) is 23.8 Å². The first-order chi connectivity index (χ1) is 9.74. The first-order valence-electron chi connectivity index (χ1n) is 7.53. The van der Waals surface area contributed by atoms with E-state index in [0.717, 1.165) is 10.8 Å². The molecule has 2 atom stereocenters. The SMILES string of the molecule is CCOc1cccc(CNC2CCC(SCC)C2)c1O. The van der Waals surface area contributed by atoms with Crippen LogP contribution in [-0.4, -0.2) is 28.8 Å². The number of rotatable bonds is 7. The molecule has 0 aliphatic heterocycles. The quantitative estimate of drug-likeness (QED) is 0.807. The third-order valence-electron chi connectivity index (χ3n) is 3.75. The summed E-state index contributed by atoms with van der Waals surface area (Å²) in [5.74, 6) is 2.06. The van der Waals surface area contributed by atoms with Gasteiger partial charge in [-0.3, -0.25) is 0 Å². The number of hydrogen-bond acceptors (Lipinski definition) is 4. The van der Waals surface area contributed by atoms with E-state index in [1.807, 2.05) is 25.1 Å². The summed E-state index contributed by atoms with van der Waals surface area (Å²) in [6.45, 7) is 5.43. The van der Waals surface area contributed by atoms with Crippen molar-refractivity contribution in [1.82, 2.24) is 5.32 Å². The van der Waals surface area contributed by atoms with Gasteiger partial charge in [0, 0.05) is 23.4 Å². The second-order valence-electron chi connectivity index (χ2n) is 5.17. The van der Waals surface area contributed by atoms with Crippen LogP contribution in [0, 0.1) is 0 Å². The van der Waals surface area contributed by atoms with Crippen molar-refractivity contribution in [3.8, 4) is 11.5 Å². The lowest BCUT2D eigenvalue weighted by Gasteiger charge is -2.15. The summed E-state index contributed by atoms with van der Waals surface area (Å²) in [6, 6.07) is 6.28. The maximum Gasteiger partial charge on any atom is 0.162 e. The van der Waals surface area contributed by atoms with Crippen molar-refractivity contribution >= 4 is 11.8 Å². The molecule has 0 aromatic heterocycles. The van der Waals surface area contributed by atoms with Gasteiger partial charge >= 0.3 is 0 Å². The van der Waals surface area contributed by atoms with Crippen LogP contribution in [0.15, 0.2) is 18.2 Å². The second kappa shape index (κ2) is 7.79. The largest absolute Gasteiger partial charge is 0.504 e. The minimum absolute atomic E-state index is 0.277. The van der Waals surface area contributed by atoms with Gasteiger partial charge in [-0.1, -0.05) is 19.1 Å². The van der Waals surface area contributed by atoms with Crippen molar-refractivity contribution in [2.45, 2.75) is 50.9 Å². The average Bonchev–Trinajstić information content (AvgIpc) is 2.88. The molecule has 4 heteroatoms. The maximum atomic E-state index is 10.2. The second-order valence-corrected chi connectivity index (χ2v) is 6.74. The number of thioether (sulfide) groups is 1. The standard InChI is InChI=1S/C16H25NO2S/c1-3-19-15-7-5-6-12(16(15)18)11-17-13-8-9-14(10-13)20-4-2/h5-7,13-14,17-18H,3-4,8-11H2,1-2H3. The maximum absolute atomic E-state index is 10.2. The third-order valence-corrected chi connectivity index (χ3v) is 4.98. The van der Waals surface area contributed by atoms with Gasteiger partial charge in [-0.15, -0.1) is 0 Å². The first-order valence-corrected chi connectivity index (χ1v) is 8.58. The van der Waals surface area contributed by atoms with Crippen LogP contribution in [0.3, 0.4) is 0 Å². The molecule has 0 radical (unpaired) electrons. The molecule has 0 amide bonds. The molecule has 3 nitrogen and oxygen atoms in total. The van der Waals surface area contributed by atoms with E-state index in [1.54, 1.807) is 0 Å². The van der Waals surface area contributed by atoms with Crippen LogP contribution >= 0.6 is 11.8 Å². The van der Waals surface area contributed by atoms with Crippen LogP contribution in [0.5, 0.6) is 11.5 Å². The van der Waals surface area contributed by atoms with Crippen molar-refractivity contribution in [2.24, 2.45) is 0 Å². The molecule has 0 spiro atoms. The Balaban J connectivity index is 1.87. The van der Waals surface area contributed by atoms with Gasteiger partial charge in [0.05, 0.1) is 6.61 Å². The monoisotopic (exact) mass is 295 g/mol. The van der Waals surface area contributed by atoms with Crippen LogP contribution in [0.2, 0.25) is 0 Å². The lowest BCUT2D eigenvalue weighted by Crippen LogP contribution is -2.26. The lowest BCUT2D eigenvalue weighted by atomic mass is 10.1. The predicted octanol–water partition coefficient (Wildman–Crippen LogP) is 3.55. The molecular weight excluding hydrogens is 270 g/mol. The van der Waals surface area contributed by atoms with E-state index < -0.39 is 0 Å². The molecule has 112 valence electrons. The Hall–Kier alpha value is -0.870. The third kappa shape index (κ3) is 4.06. The number of phenols is 1. The lowest BCUT2D eigenvalue weighted by molar-refractivity contribution is 0.316. The number of para-hydroxylation sites is 1. The minimum Gasteiger partial charge on any atom is -0.504 e. The fraction of sp³-hybridized carbons (Fsp3) is 0.625. The fourth-order valence-corrected chi connectivity index (χ4v) is 3.89. The Morgan fingerprint density at radius 3 is 2.95 bits per heavy atom. The van der Waals surface area contributed by atoms with E-state index >= 15 is 0 Å². The van der Waals surface area contributed by atoms with Crippen molar-refractivity contribution < 1.29 is 9.84 Å². The molecule has 0 heterocycles. The van der Waals surface area contributed by atoms with E-state index in [4.69, 9.17) is 4.74 Å². The Kier molecular flexibility index (Phi) is 6.05. The molecule has 1 aliphatic carbocycles. The summed E-state index contributed by atoms with van der Waals surface area (Å²) in [4.78, 5) is 0. The summed E-state index contributed by atoms with van der Waals surface area (Å²) in [5, 5.41) is 14.5. The number of benzene rings is 1. The van der Waals surface area contributed by atoms with Gasteiger partial charge < -0.3 is 15.2 Å². The highest BCUT2D eigenvalue weighted by Gasteiger charge is 2.24. The van der Waals surface area contributed by atoms with E-state index in [0.29, 0.717) is 24.9 Å². The van der Waals surface area contributed by atoms with E-state index in [2.05, 4.69) is 24.0 Å². The van der Waals surface area contributed by atoms with Crippen molar-refractivity contribution in [3.63, 3.8) is 0 Å². The summed E-state index contributed by atoms with van der Waals surface area (Å²) in [5.41, 5.74) is 0.919. The smallest absolute Gasteiger partial charge is 0.162 e. The summed E-state index contributed by atoms with van der Waals surface area (Å²) in [6.07, 6.45) is 3.79. The zero-order valence-corrected chi connectivity index (χ0v) is 13.2. The van der Waals surface area contributed by atoms with Gasteiger partial charge in [-0.25, -0.2) is 0 Å². The molecule has 2 unspecified atom stereocenters. The van der Waals surface area contributed by atoms with Gasteiger partial charge in [0.2, 0.25) is 0 Å². The average molecular weight is 295 g/mol. The predicted molar refractivity (Wildman–Crippen MR) is 85.7 cm³/mol. The summed E-state index contributed by atoms with van der Waals surface area (Å²) in [7, 11) is 0. The van der Waals surface area contributed by atoms with Crippen LogP contribution in [0.4, 0.5) is 0 Å². The molecule has 2 N–H and O–H groups in total.